The molecule has 0 heterocycles. The van der Waals surface area contributed by atoms with E-state index in [0.717, 1.165) is 5.75 Å². The molecule has 108 valence electrons. The zero-order valence-corrected chi connectivity index (χ0v) is 11.9. The van der Waals surface area contributed by atoms with Crippen molar-refractivity contribution in [2.75, 3.05) is 19.8 Å². The Morgan fingerprint density at radius 3 is 2.33 bits per heavy atom. The number of rotatable bonds is 7. The van der Waals surface area contributed by atoms with E-state index >= 15 is 0 Å². The zero-order valence-electron chi connectivity index (χ0n) is 11.9. The predicted octanol–water partition coefficient (Wildman–Crippen LogP) is 3.41. The Morgan fingerprint density at radius 1 is 0.905 bits per heavy atom. The maximum atomic E-state index is 8.82. The maximum absolute atomic E-state index is 8.82. The van der Waals surface area contributed by atoms with Gasteiger partial charge in [-0.15, -0.1) is 0 Å². The number of nitrogens with zero attached hydrogens (tertiary/aromatic N) is 1. The molecule has 0 saturated carbocycles. The van der Waals surface area contributed by atoms with Crippen LogP contribution in [-0.4, -0.2) is 19.8 Å². The third-order valence-corrected chi connectivity index (χ3v) is 2.72. The molecule has 2 aromatic carbocycles. The minimum Gasteiger partial charge on any atom is -0.490 e. The summed E-state index contributed by atoms with van der Waals surface area (Å²) in [7, 11) is 0. The molecule has 0 radical (unpaired) electrons. The normalized spacial score (nSPS) is 9.71. The molecule has 0 aliphatic carbocycles. The summed E-state index contributed by atoms with van der Waals surface area (Å²) in [6.07, 6.45) is 0. The number of hydrogen-bond acceptors (Lipinski definition) is 4. The first-order chi connectivity index (χ1) is 10.3. The summed E-state index contributed by atoms with van der Waals surface area (Å²) >= 11 is 0. The fourth-order valence-electron chi connectivity index (χ4n) is 1.81. The molecule has 0 aliphatic rings. The van der Waals surface area contributed by atoms with Gasteiger partial charge < -0.3 is 14.2 Å². The number of hydrogen-bond donors (Lipinski definition) is 0. The van der Waals surface area contributed by atoms with Gasteiger partial charge in [0.25, 0.3) is 0 Å². The van der Waals surface area contributed by atoms with Crippen molar-refractivity contribution < 1.29 is 14.2 Å². The topological polar surface area (TPSA) is 51.5 Å². The fourth-order valence-corrected chi connectivity index (χ4v) is 1.81. The van der Waals surface area contributed by atoms with Crippen molar-refractivity contribution in [2.24, 2.45) is 0 Å². The van der Waals surface area contributed by atoms with E-state index in [4.69, 9.17) is 19.5 Å². The molecular formula is C17H17NO3. The predicted molar refractivity (Wildman–Crippen MR) is 79.8 cm³/mol. The lowest BCUT2D eigenvalue weighted by Gasteiger charge is -2.12. The first-order valence-corrected chi connectivity index (χ1v) is 6.81. The van der Waals surface area contributed by atoms with Crippen LogP contribution in [0.3, 0.4) is 0 Å². The van der Waals surface area contributed by atoms with Crippen molar-refractivity contribution in [1.29, 1.82) is 5.26 Å². The minimum atomic E-state index is 0.398. The van der Waals surface area contributed by atoms with Crippen molar-refractivity contribution in [3.05, 3.63) is 54.1 Å². The lowest BCUT2D eigenvalue weighted by atomic mass is 10.2. The second-order valence-corrected chi connectivity index (χ2v) is 4.22. The summed E-state index contributed by atoms with van der Waals surface area (Å²) in [5.74, 6) is 2.09. The van der Waals surface area contributed by atoms with E-state index < -0.39 is 0 Å². The summed E-state index contributed by atoms with van der Waals surface area (Å²) in [5, 5.41) is 8.82. The SMILES string of the molecule is CCOc1ccccc1OCCOc1cccc(C#N)c1. The maximum Gasteiger partial charge on any atom is 0.161 e. The molecule has 0 saturated heterocycles. The van der Waals surface area contributed by atoms with Crippen LogP contribution in [0.25, 0.3) is 0 Å². The monoisotopic (exact) mass is 283 g/mol. The average Bonchev–Trinajstić information content (AvgIpc) is 2.53. The summed E-state index contributed by atoms with van der Waals surface area (Å²) in [6.45, 7) is 3.33. The Balaban J connectivity index is 1.83. The van der Waals surface area contributed by atoms with E-state index in [0.29, 0.717) is 36.9 Å². The second kappa shape index (κ2) is 7.81. The van der Waals surface area contributed by atoms with Crippen LogP contribution in [0.1, 0.15) is 12.5 Å². The van der Waals surface area contributed by atoms with E-state index in [1.165, 1.54) is 0 Å². The van der Waals surface area contributed by atoms with Crippen LogP contribution in [0, 0.1) is 11.3 Å². The van der Waals surface area contributed by atoms with Gasteiger partial charge in [0.05, 0.1) is 18.2 Å². The largest absolute Gasteiger partial charge is 0.490 e. The molecule has 0 aromatic heterocycles. The Hall–Kier alpha value is -2.67. The van der Waals surface area contributed by atoms with Crippen LogP contribution in [0.15, 0.2) is 48.5 Å². The quantitative estimate of drug-likeness (QED) is 0.731. The molecule has 0 spiro atoms. The van der Waals surface area contributed by atoms with Gasteiger partial charge in [-0.3, -0.25) is 0 Å². The second-order valence-electron chi connectivity index (χ2n) is 4.22. The minimum absolute atomic E-state index is 0.398. The Kier molecular flexibility index (Phi) is 5.48. The van der Waals surface area contributed by atoms with Gasteiger partial charge in [0, 0.05) is 0 Å². The van der Waals surface area contributed by atoms with Crippen LogP contribution in [0.5, 0.6) is 17.2 Å². The highest BCUT2D eigenvalue weighted by Gasteiger charge is 2.03. The Labute approximate surface area is 124 Å². The first kappa shape index (κ1) is 14.7. The third-order valence-electron chi connectivity index (χ3n) is 2.72. The summed E-state index contributed by atoms with van der Waals surface area (Å²) in [6, 6.07) is 16.7. The summed E-state index contributed by atoms with van der Waals surface area (Å²) < 4.78 is 16.7. The van der Waals surface area contributed by atoms with Gasteiger partial charge in [-0.1, -0.05) is 18.2 Å². The van der Waals surface area contributed by atoms with E-state index in [9.17, 15) is 0 Å². The summed E-state index contributed by atoms with van der Waals surface area (Å²) in [5.41, 5.74) is 0.579. The molecule has 0 unspecified atom stereocenters. The molecule has 4 nitrogen and oxygen atoms in total. The Morgan fingerprint density at radius 2 is 1.62 bits per heavy atom. The highest BCUT2D eigenvalue weighted by Crippen LogP contribution is 2.26. The lowest BCUT2D eigenvalue weighted by molar-refractivity contribution is 0.208. The standard InChI is InChI=1S/C17H17NO3/c1-2-19-16-8-3-4-9-17(16)21-11-10-20-15-7-5-6-14(12-15)13-18/h3-9,12H,2,10-11H2,1H3. The summed E-state index contributed by atoms with van der Waals surface area (Å²) in [4.78, 5) is 0. The van der Waals surface area contributed by atoms with Gasteiger partial charge in [-0.2, -0.15) is 5.26 Å². The molecule has 0 atom stereocenters. The molecule has 4 heteroatoms. The molecule has 2 aromatic rings. The van der Waals surface area contributed by atoms with Crippen LogP contribution in [0.2, 0.25) is 0 Å². The van der Waals surface area contributed by atoms with Crippen molar-refractivity contribution in [2.45, 2.75) is 6.92 Å². The van der Waals surface area contributed by atoms with Crippen molar-refractivity contribution >= 4 is 0 Å². The number of ether oxygens (including phenoxy) is 3. The van der Waals surface area contributed by atoms with Crippen LogP contribution in [0.4, 0.5) is 0 Å². The van der Waals surface area contributed by atoms with Crippen LogP contribution in [-0.2, 0) is 0 Å². The van der Waals surface area contributed by atoms with Crippen LogP contribution < -0.4 is 14.2 Å². The Bertz CT molecular complexity index is 619. The molecule has 0 aliphatic heterocycles. The fraction of sp³-hybridized carbons (Fsp3) is 0.235. The van der Waals surface area contributed by atoms with E-state index in [1.807, 2.05) is 37.3 Å². The number of para-hydroxylation sites is 2. The lowest BCUT2D eigenvalue weighted by Crippen LogP contribution is -2.09. The van der Waals surface area contributed by atoms with Gasteiger partial charge >= 0.3 is 0 Å². The highest BCUT2D eigenvalue weighted by atomic mass is 16.5. The van der Waals surface area contributed by atoms with E-state index in [-0.39, 0.29) is 0 Å². The molecule has 2 rings (SSSR count). The molecule has 0 N–H and O–H groups in total. The highest BCUT2D eigenvalue weighted by molar-refractivity contribution is 5.39. The van der Waals surface area contributed by atoms with Gasteiger partial charge in [0.1, 0.15) is 19.0 Å². The van der Waals surface area contributed by atoms with E-state index in [1.54, 1.807) is 18.2 Å². The average molecular weight is 283 g/mol. The molecule has 21 heavy (non-hydrogen) atoms. The smallest absolute Gasteiger partial charge is 0.161 e. The molecule has 0 amide bonds. The molecule has 0 fully saturated rings. The van der Waals surface area contributed by atoms with Gasteiger partial charge in [-0.05, 0) is 37.3 Å². The van der Waals surface area contributed by atoms with E-state index in [2.05, 4.69) is 6.07 Å². The van der Waals surface area contributed by atoms with Crippen molar-refractivity contribution in [3.8, 4) is 23.3 Å². The van der Waals surface area contributed by atoms with Gasteiger partial charge in [-0.25, -0.2) is 0 Å². The number of nitriles is 1. The van der Waals surface area contributed by atoms with Gasteiger partial charge in [0.15, 0.2) is 11.5 Å². The zero-order chi connectivity index (χ0) is 14.9. The van der Waals surface area contributed by atoms with Gasteiger partial charge in [0.2, 0.25) is 0 Å². The third kappa shape index (κ3) is 4.43. The molecule has 0 bridgehead atoms. The van der Waals surface area contributed by atoms with Crippen molar-refractivity contribution in [1.82, 2.24) is 0 Å². The first-order valence-electron chi connectivity index (χ1n) is 6.81. The molecular weight excluding hydrogens is 266 g/mol. The number of benzene rings is 2. The van der Waals surface area contributed by atoms with Crippen LogP contribution >= 0.6 is 0 Å². The van der Waals surface area contributed by atoms with Crippen molar-refractivity contribution in [3.63, 3.8) is 0 Å².